The quantitative estimate of drug-likeness (QED) is 0.915. The number of carboxylic acid groups (broad SMARTS) is 1. The zero-order valence-electron chi connectivity index (χ0n) is 11.2. The Morgan fingerprint density at radius 1 is 1.42 bits per heavy atom. The van der Waals surface area contributed by atoms with Gasteiger partial charge < -0.3 is 9.84 Å². The molecule has 0 saturated heterocycles. The molecular formula is C14H16N2O3. The summed E-state index contributed by atoms with van der Waals surface area (Å²) < 4.78 is 6.92. The van der Waals surface area contributed by atoms with Crippen molar-refractivity contribution in [3.8, 4) is 5.75 Å². The monoisotopic (exact) mass is 260 g/mol. The lowest BCUT2D eigenvalue weighted by Crippen LogP contribution is -2.03. The Labute approximate surface area is 111 Å². The summed E-state index contributed by atoms with van der Waals surface area (Å²) in [4.78, 5) is 11.0. The van der Waals surface area contributed by atoms with Crippen molar-refractivity contribution in [1.29, 1.82) is 0 Å². The van der Waals surface area contributed by atoms with Crippen LogP contribution in [0.1, 0.15) is 27.2 Å². The summed E-state index contributed by atoms with van der Waals surface area (Å²) in [6, 6.07) is 5.88. The number of methoxy groups -OCH3 is 1. The number of nitrogens with zero attached hydrogens (tertiary/aromatic N) is 2. The van der Waals surface area contributed by atoms with Gasteiger partial charge >= 0.3 is 5.97 Å². The highest BCUT2D eigenvalue weighted by molar-refractivity contribution is 5.88. The van der Waals surface area contributed by atoms with E-state index in [-0.39, 0.29) is 5.56 Å². The SMILES string of the molecule is COc1ccc(C)cc1Cn1cc(C(=O)O)c(C)n1. The fourth-order valence-electron chi connectivity index (χ4n) is 2.01. The zero-order valence-corrected chi connectivity index (χ0v) is 11.2. The second kappa shape index (κ2) is 5.14. The minimum absolute atomic E-state index is 0.228. The Balaban J connectivity index is 2.33. The van der Waals surface area contributed by atoms with Gasteiger partial charge in [0.05, 0.1) is 19.3 Å². The van der Waals surface area contributed by atoms with Gasteiger partial charge in [0.25, 0.3) is 0 Å². The molecule has 1 heterocycles. The molecule has 0 unspecified atom stereocenters. The summed E-state index contributed by atoms with van der Waals surface area (Å²) >= 11 is 0. The standard InChI is InChI=1S/C14H16N2O3/c1-9-4-5-13(19-3)11(6-9)7-16-8-12(14(17)18)10(2)15-16/h4-6,8H,7H2,1-3H3,(H,17,18). The van der Waals surface area contributed by atoms with Crippen LogP contribution in [0.4, 0.5) is 0 Å². The molecule has 0 fully saturated rings. The van der Waals surface area contributed by atoms with Crippen molar-refractivity contribution in [2.24, 2.45) is 0 Å². The number of benzene rings is 1. The summed E-state index contributed by atoms with van der Waals surface area (Å²) in [6.07, 6.45) is 1.54. The Morgan fingerprint density at radius 3 is 2.74 bits per heavy atom. The van der Waals surface area contributed by atoms with Crippen molar-refractivity contribution < 1.29 is 14.6 Å². The number of ether oxygens (including phenoxy) is 1. The first-order valence-corrected chi connectivity index (χ1v) is 5.92. The second-order valence-corrected chi connectivity index (χ2v) is 4.45. The molecule has 0 bridgehead atoms. The molecule has 1 aromatic carbocycles. The van der Waals surface area contributed by atoms with E-state index < -0.39 is 5.97 Å². The third-order valence-corrected chi connectivity index (χ3v) is 2.95. The van der Waals surface area contributed by atoms with E-state index in [1.807, 2.05) is 25.1 Å². The minimum Gasteiger partial charge on any atom is -0.496 e. The number of aromatic carboxylic acids is 1. The molecule has 2 aromatic rings. The summed E-state index contributed by atoms with van der Waals surface area (Å²) in [6.45, 7) is 4.17. The fourth-order valence-corrected chi connectivity index (χ4v) is 2.01. The molecule has 1 N–H and O–H groups in total. The summed E-state index contributed by atoms with van der Waals surface area (Å²) in [5, 5.41) is 13.2. The highest BCUT2D eigenvalue weighted by Crippen LogP contribution is 2.21. The van der Waals surface area contributed by atoms with Crippen LogP contribution in [-0.4, -0.2) is 28.0 Å². The Morgan fingerprint density at radius 2 is 2.16 bits per heavy atom. The van der Waals surface area contributed by atoms with E-state index in [2.05, 4.69) is 5.10 Å². The van der Waals surface area contributed by atoms with Gasteiger partial charge in [-0.2, -0.15) is 5.10 Å². The molecule has 100 valence electrons. The van der Waals surface area contributed by atoms with Crippen molar-refractivity contribution in [3.05, 3.63) is 46.8 Å². The van der Waals surface area contributed by atoms with Crippen LogP contribution in [0, 0.1) is 13.8 Å². The second-order valence-electron chi connectivity index (χ2n) is 4.45. The average Bonchev–Trinajstić information content (AvgIpc) is 2.71. The molecule has 0 atom stereocenters. The maximum Gasteiger partial charge on any atom is 0.339 e. The number of aromatic nitrogens is 2. The molecular weight excluding hydrogens is 244 g/mol. The lowest BCUT2D eigenvalue weighted by atomic mass is 10.1. The first-order chi connectivity index (χ1) is 9.01. The van der Waals surface area contributed by atoms with E-state index in [9.17, 15) is 4.79 Å². The molecule has 0 amide bonds. The van der Waals surface area contributed by atoms with E-state index in [1.54, 1.807) is 24.9 Å². The number of hydrogen-bond acceptors (Lipinski definition) is 3. The van der Waals surface area contributed by atoms with E-state index in [0.29, 0.717) is 12.2 Å². The van der Waals surface area contributed by atoms with Crippen LogP contribution in [0.15, 0.2) is 24.4 Å². The Kier molecular flexibility index (Phi) is 3.55. The van der Waals surface area contributed by atoms with Gasteiger partial charge in [-0.3, -0.25) is 4.68 Å². The molecule has 5 nitrogen and oxygen atoms in total. The minimum atomic E-state index is -0.958. The number of hydrogen-bond donors (Lipinski definition) is 1. The van der Waals surface area contributed by atoms with Crippen molar-refractivity contribution in [1.82, 2.24) is 9.78 Å². The van der Waals surface area contributed by atoms with Crippen molar-refractivity contribution in [3.63, 3.8) is 0 Å². The molecule has 1 aromatic heterocycles. The zero-order chi connectivity index (χ0) is 14.0. The number of carboxylic acids is 1. The largest absolute Gasteiger partial charge is 0.496 e. The van der Waals surface area contributed by atoms with E-state index in [1.165, 1.54) is 0 Å². The van der Waals surface area contributed by atoms with Gasteiger partial charge in [-0.25, -0.2) is 4.79 Å². The van der Waals surface area contributed by atoms with E-state index >= 15 is 0 Å². The van der Waals surface area contributed by atoms with Crippen LogP contribution in [0.5, 0.6) is 5.75 Å². The lowest BCUT2D eigenvalue weighted by molar-refractivity contribution is 0.0696. The number of rotatable bonds is 4. The van der Waals surface area contributed by atoms with E-state index in [4.69, 9.17) is 9.84 Å². The molecule has 0 aliphatic heterocycles. The molecule has 0 aliphatic carbocycles. The predicted molar refractivity (Wildman–Crippen MR) is 70.8 cm³/mol. The first-order valence-electron chi connectivity index (χ1n) is 5.92. The van der Waals surface area contributed by atoms with E-state index in [0.717, 1.165) is 16.9 Å². The molecule has 2 rings (SSSR count). The average molecular weight is 260 g/mol. The van der Waals surface area contributed by atoms with Gasteiger partial charge in [0.1, 0.15) is 11.3 Å². The van der Waals surface area contributed by atoms with Gasteiger partial charge in [0, 0.05) is 11.8 Å². The van der Waals surface area contributed by atoms with Gasteiger partial charge in [-0.1, -0.05) is 17.7 Å². The van der Waals surface area contributed by atoms with Crippen LogP contribution in [-0.2, 0) is 6.54 Å². The topological polar surface area (TPSA) is 64.3 Å². The highest BCUT2D eigenvalue weighted by atomic mass is 16.5. The van der Waals surface area contributed by atoms with Crippen LogP contribution in [0.2, 0.25) is 0 Å². The Bertz CT molecular complexity index is 617. The normalized spacial score (nSPS) is 10.5. The van der Waals surface area contributed by atoms with Crippen molar-refractivity contribution in [2.45, 2.75) is 20.4 Å². The molecule has 0 spiro atoms. The molecule has 0 saturated carbocycles. The van der Waals surface area contributed by atoms with Gasteiger partial charge in [-0.15, -0.1) is 0 Å². The third-order valence-electron chi connectivity index (χ3n) is 2.95. The smallest absolute Gasteiger partial charge is 0.339 e. The molecule has 5 heteroatoms. The van der Waals surface area contributed by atoms with Gasteiger partial charge in [-0.05, 0) is 19.9 Å². The van der Waals surface area contributed by atoms with Crippen LogP contribution in [0.25, 0.3) is 0 Å². The molecule has 0 aliphatic rings. The number of carbonyl (C=O) groups is 1. The van der Waals surface area contributed by atoms with Crippen LogP contribution >= 0.6 is 0 Å². The maximum atomic E-state index is 11.0. The molecule has 0 radical (unpaired) electrons. The predicted octanol–water partition coefficient (Wildman–Crippen LogP) is 2.26. The fraction of sp³-hybridized carbons (Fsp3) is 0.286. The highest BCUT2D eigenvalue weighted by Gasteiger charge is 2.13. The Hall–Kier alpha value is -2.30. The third kappa shape index (κ3) is 2.76. The summed E-state index contributed by atoms with van der Waals surface area (Å²) in [7, 11) is 1.62. The lowest BCUT2D eigenvalue weighted by Gasteiger charge is -2.09. The molecule has 19 heavy (non-hydrogen) atoms. The van der Waals surface area contributed by atoms with Gasteiger partial charge in [0.2, 0.25) is 0 Å². The summed E-state index contributed by atoms with van der Waals surface area (Å²) in [5.74, 6) is -0.185. The van der Waals surface area contributed by atoms with Crippen molar-refractivity contribution in [2.75, 3.05) is 7.11 Å². The summed E-state index contributed by atoms with van der Waals surface area (Å²) in [5.41, 5.74) is 2.84. The van der Waals surface area contributed by atoms with Crippen molar-refractivity contribution >= 4 is 5.97 Å². The van der Waals surface area contributed by atoms with Crippen LogP contribution < -0.4 is 4.74 Å². The van der Waals surface area contributed by atoms with Gasteiger partial charge in [0.15, 0.2) is 0 Å². The van der Waals surface area contributed by atoms with Crippen LogP contribution in [0.3, 0.4) is 0 Å². The number of aryl methyl sites for hydroxylation is 2. The first kappa shape index (κ1) is 13.1. The maximum absolute atomic E-state index is 11.0.